The fourth-order valence-corrected chi connectivity index (χ4v) is 6.08. The molecule has 45 heavy (non-hydrogen) atoms. The largest absolute Gasteiger partial charge is 0.633 e. The van der Waals surface area contributed by atoms with Crippen LogP contribution in [0.4, 0.5) is 5.95 Å². The minimum absolute atomic E-state index is 0.0123. The van der Waals surface area contributed by atoms with Crippen molar-refractivity contribution >= 4 is 42.4 Å². The Kier molecular flexibility index (Phi) is 11.8. The third-order valence-corrected chi connectivity index (χ3v) is 8.38. The van der Waals surface area contributed by atoms with Crippen LogP contribution in [-0.4, -0.2) is 107 Å². The number of anilines is 1. The molecule has 2 aliphatic rings. The summed E-state index contributed by atoms with van der Waals surface area (Å²) in [6, 6.07) is 9.32. The van der Waals surface area contributed by atoms with Crippen molar-refractivity contribution in [3.8, 4) is 22.9 Å². The lowest BCUT2D eigenvalue weighted by Gasteiger charge is -2.34. The SMILES string of the molecule is CC(=O)NCC1CCN(Cc2cc(Oc3cnc(N4CCN(CCOB(O)O)CC4)nc3)nc(-c3cc(Cl)cc(Cl)c3)c2)CC1. The maximum atomic E-state index is 11.3. The molecule has 12 nitrogen and oxygen atoms in total. The molecule has 5 rings (SSSR count). The van der Waals surface area contributed by atoms with E-state index in [9.17, 15) is 4.79 Å². The number of nitrogens with zero attached hydrogens (tertiary/aromatic N) is 6. The van der Waals surface area contributed by atoms with Crippen LogP contribution in [0.25, 0.3) is 11.3 Å². The molecule has 0 spiro atoms. The van der Waals surface area contributed by atoms with Gasteiger partial charge in [-0.15, -0.1) is 0 Å². The van der Waals surface area contributed by atoms with Crippen molar-refractivity contribution < 1.29 is 24.2 Å². The van der Waals surface area contributed by atoms with E-state index in [4.69, 9.17) is 47.6 Å². The molecular formula is C30H38BCl2N7O5. The Morgan fingerprint density at radius 3 is 2.31 bits per heavy atom. The van der Waals surface area contributed by atoms with Crippen LogP contribution in [0, 0.1) is 5.92 Å². The number of amides is 1. The number of nitrogens with one attached hydrogen (secondary N) is 1. The molecule has 0 bridgehead atoms. The van der Waals surface area contributed by atoms with Gasteiger partial charge in [-0.2, -0.15) is 0 Å². The lowest BCUT2D eigenvalue weighted by molar-refractivity contribution is -0.119. The average Bonchev–Trinajstić information content (AvgIpc) is 3.01. The molecule has 0 saturated carbocycles. The minimum Gasteiger partial charge on any atom is -0.436 e. The lowest BCUT2D eigenvalue weighted by Crippen LogP contribution is -2.48. The molecule has 1 aromatic carbocycles. The fourth-order valence-electron chi connectivity index (χ4n) is 5.55. The van der Waals surface area contributed by atoms with E-state index < -0.39 is 7.32 Å². The van der Waals surface area contributed by atoms with Crippen molar-refractivity contribution in [3.63, 3.8) is 0 Å². The van der Waals surface area contributed by atoms with Gasteiger partial charge in [0, 0.05) is 81.0 Å². The van der Waals surface area contributed by atoms with E-state index in [1.165, 1.54) is 0 Å². The van der Waals surface area contributed by atoms with Gasteiger partial charge in [-0.3, -0.25) is 14.6 Å². The van der Waals surface area contributed by atoms with E-state index in [0.717, 1.165) is 76.3 Å². The number of piperidine rings is 1. The summed E-state index contributed by atoms with van der Waals surface area (Å²) < 4.78 is 11.0. The molecule has 4 heterocycles. The second-order valence-corrected chi connectivity index (χ2v) is 12.2. The first-order chi connectivity index (χ1) is 21.7. The molecular weight excluding hydrogens is 620 g/mol. The molecule has 3 aromatic rings. The van der Waals surface area contributed by atoms with Crippen LogP contribution < -0.4 is 15.0 Å². The summed E-state index contributed by atoms with van der Waals surface area (Å²) in [5, 5.41) is 21.7. The highest BCUT2D eigenvalue weighted by Gasteiger charge is 2.22. The van der Waals surface area contributed by atoms with E-state index in [0.29, 0.717) is 45.8 Å². The molecule has 240 valence electrons. The number of carbonyl (C=O) groups is 1. The minimum atomic E-state index is -1.74. The number of carbonyl (C=O) groups excluding carboxylic acids is 1. The summed E-state index contributed by atoms with van der Waals surface area (Å²) >= 11 is 12.6. The fraction of sp³-hybridized carbons (Fsp3) is 0.467. The summed E-state index contributed by atoms with van der Waals surface area (Å²) in [5.74, 6) is 1.99. The van der Waals surface area contributed by atoms with Crippen LogP contribution >= 0.6 is 23.2 Å². The molecule has 1 amide bonds. The van der Waals surface area contributed by atoms with E-state index in [1.54, 1.807) is 25.4 Å². The Labute approximate surface area is 273 Å². The van der Waals surface area contributed by atoms with E-state index in [2.05, 4.69) is 30.0 Å². The van der Waals surface area contributed by atoms with Gasteiger partial charge in [0.15, 0.2) is 5.75 Å². The molecule has 2 saturated heterocycles. The highest BCUT2D eigenvalue weighted by atomic mass is 35.5. The first-order valence-electron chi connectivity index (χ1n) is 15.1. The zero-order chi connectivity index (χ0) is 31.8. The van der Waals surface area contributed by atoms with Crippen LogP contribution in [0.1, 0.15) is 25.3 Å². The van der Waals surface area contributed by atoms with Gasteiger partial charge in [0.05, 0.1) is 18.1 Å². The first kappa shape index (κ1) is 33.3. The van der Waals surface area contributed by atoms with Crippen molar-refractivity contribution in [2.45, 2.75) is 26.3 Å². The molecule has 2 fully saturated rings. The van der Waals surface area contributed by atoms with Crippen molar-refractivity contribution in [2.75, 3.05) is 63.9 Å². The summed E-state index contributed by atoms with van der Waals surface area (Å²) in [7, 11) is -1.74. The Balaban J connectivity index is 1.25. The maximum absolute atomic E-state index is 11.3. The van der Waals surface area contributed by atoms with Crippen molar-refractivity contribution in [1.82, 2.24) is 30.1 Å². The van der Waals surface area contributed by atoms with E-state index >= 15 is 0 Å². The normalized spacial score (nSPS) is 16.5. The smallest absolute Gasteiger partial charge is 0.436 e. The van der Waals surface area contributed by atoms with Gasteiger partial charge in [-0.25, -0.2) is 15.0 Å². The summed E-state index contributed by atoms with van der Waals surface area (Å²) in [6.45, 7) is 8.78. The zero-order valence-electron chi connectivity index (χ0n) is 25.2. The van der Waals surface area contributed by atoms with Crippen molar-refractivity contribution in [2.24, 2.45) is 5.92 Å². The zero-order valence-corrected chi connectivity index (χ0v) is 26.8. The third-order valence-electron chi connectivity index (χ3n) is 7.94. The van der Waals surface area contributed by atoms with Crippen LogP contribution in [0.5, 0.6) is 11.6 Å². The summed E-state index contributed by atoms with van der Waals surface area (Å²) in [5.41, 5.74) is 2.53. The second kappa shape index (κ2) is 16.0. The first-order valence-corrected chi connectivity index (χ1v) is 15.8. The van der Waals surface area contributed by atoms with Gasteiger partial charge >= 0.3 is 7.32 Å². The maximum Gasteiger partial charge on any atom is 0.633 e. The van der Waals surface area contributed by atoms with Crippen LogP contribution in [0.3, 0.4) is 0 Å². The van der Waals surface area contributed by atoms with Crippen LogP contribution in [0.2, 0.25) is 10.0 Å². The third kappa shape index (κ3) is 10.2. The van der Waals surface area contributed by atoms with Crippen LogP contribution in [0.15, 0.2) is 42.7 Å². The van der Waals surface area contributed by atoms with Gasteiger partial charge in [0.1, 0.15) is 0 Å². The Bertz CT molecular complexity index is 1400. The van der Waals surface area contributed by atoms with Gasteiger partial charge in [-0.1, -0.05) is 23.2 Å². The molecule has 0 aliphatic carbocycles. The van der Waals surface area contributed by atoms with Crippen molar-refractivity contribution in [3.05, 3.63) is 58.3 Å². The lowest BCUT2D eigenvalue weighted by atomic mass is 9.96. The topological polar surface area (TPSA) is 136 Å². The molecule has 2 aliphatic heterocycles. The van der Waals surface area contributed by atoms with Gasteiger partial charge in [0.25, 0.3) is 0 Å². The van der Waals surface area contributed by atoms with E-state index in [-0.39, 0.29) is 12.5 Å². The van der Waals surface area contributed by atoms with Gasteiger partial charge in [0.2, 0.25) is 17.7 Å². The standard InChI is InChI=1S/C30H38BCl2N7O5/c1-21(41)34-17-22-2-4-39(5-3-22)20-23-12-28(24-14-25(32)16-26(33)15-24)37-29(13-23)45-27-18-35-30(36-19-27)40-8-6-38(7-9-40)10-11-44-31(42)43/h12-16,18-19,22,42-43H,2-11,17,20H2,1H3,(H,34,41). The average molecular weight is 658 g/mol. The Morgan fingerprint density at radius 1 is 0.978 bits per heavy atom. The predicted molar refractivity (Wildman–Crippen MR) is 173 cm³/mol. The van der Waals surface area contributed by atoms with Gasteiger partial charge in [-0.05, 0) is 61.7 Å². The molecule has 0 atom stereocenters. The summed E-state index contributed by atoms with van der Waals surface area (Å²) in [6.07, 6.45) is 5.34. The van der Waals surface area contributed by atoms with Crippen LogP contribution in [-0.2, 0) is 16.0 Å². The molecule has 2 aromatic heterocycles. The second-order valence-electron chi connectivity index (χ2n) is 11.4. The number of piperazine rings is 1. The highest BCUT2D eigenvalue weighted by molar-refractivity contribution is 6.35. The Morgan fingerprint density at radius 2 is 1.67 bits per heavy atom. The molecule has 15 heteroatoms. The number of hydrogen-bond acceptors (Lipinski definition) is 11. The number of benzene rings is 1. The van der Waals surface area contributed by atoms with E-state index in [1.807, 2.05) is 24.3 Å². The quantitative estimate of drug-likeness (QED) is 0.248. The number of pyridine rings is 1. The monoisotopic (exact) mass is 657 g/mol. The molecule has 0 unspecified atom stereocenters. The van der Waals surface area contributed by atoms with Crippen molar-refractivity contribution in [1.29, 1.82) is 0 Å². The number of ether oxygens (including phenoxy) is 1. The number of aromatic nitrogens is 3. The molecule has 0 radical (unpaired) electrons. The predicted octanol–water partition coefficient (Wildman–Crippen LogP) is 3.09. The number of halogens is 2. The number of hydrogen-bond donors (Lipinski definition) is 3. The number of rotatable bonds is 12. The summed E-state index contributed by atoms with van der Waals surface area (Å²) in [4.78, 5) is 31.9. The number of likely N-dealkylation sites (tertiary alicyclic amines) is 1. The molecule has 3 N–H and O–H groups in total. The Hall–Kier alpha value is -3.04. The highest BCUT2D eigenvalue weighted by Crippen LogP contribution is 2.31. The van der Waals surface area contributed by atoms with Gasteiger partial charge < -0.3 is 29.7 Å².